The summed E-state index contributed by atoms with van der Waals surface area (Å²) >= 11 is 3.34. The van der Waals surface area contributed by atoms with E-state index in [1.54, 1.807) is 21.6 Å². The van der Waals surface area contributed by atoms with Crippen molar-refractivity contribution in [3.63, 3.8) is 0 Å². The summed E-state index contributed by atoms with van der Waals surface area (Å²) in [5.74, 6) is 0.772. The zero-order valence-electron chi connectivity index (χ0n) is 7.58. The number of aromatic nitrogens is 5. The maximum Gasteiger partial charge on any atom is 0.157 e. The molecule has 0 unspecified atom stereocenters. The van der Waals surface area contributed by atoms with Crippen molar-refractivity contribution in [3.05, 3.63) is 41.4 Å². The van der Waals surface area contributed by atoms with Crippen LogP contribution < -0.4 is 0 Å². The highest BCUT2D eigenvalue weighted by Crippen LogP contribution is 2.11. The lowest BCUT2D eigenvalue weighted by Crippen LogP contribution is -1.99. The second-order valence-corrected chi connectivity index (χ2v) is 3.94. The Hall–Kier alpha value is -1.69. The van der Waals surface area contributed by atoms with Gasteiger partial charge in [-0.3, -0.25) is 0 Å². The van der Waals surface area contributed by atoms with Crippen LogP contribution in [0.3, 0.4) is 0 Å². The fourth-order valence-electron chi connectivity index (χ4n) is 1.36. The van der Waals surface area contributed by atoms with E-state index in [0.29, 0.717) is 0 Å². The van der Waals surface area contributed by atoms with Crippen molar-refractivity contribution >= 4 is 21.6 Å². The van der Waals surface area contributed by atoms with Gasteiger partial charge in [-0.1, -0.05) is 0 Å². The Balaban J connectivity index is 2.18. The molecule has 0 aliphatic heterocycles. The second-order valence-electron chi connectivity index (χ2n) is 3.02. The molecular weight excluding hydrogens is 258 g/mol. The molecule has 0 aliphatic rings. The molecule has 6 heteroatoms. The van der Waals surface area contributed by atoms with Gasteiger partial charge in [-0.15, -0.1) is 0 Å². The van der Waals surface area contributed by atoms with E-state index >= 15 is 0 Å². The molecule has 0 amide bonds. The fraction of sp³-hybridized carbons (Fsp3) is 0. The van der Waals surface area contributed by atoms with Crippen molar-refractivity contribution in [2.75, 3.05) is 0 Å². The number of hydrogen-bond donors (Lipinski definition) is 0. The van der Waals surface area contributed by atoms with Crippen LogP contribution in [-0.4, -0.2) is 24.4 Å². The van der Waals surface area contributed by atoms with Crippen molar-refractivity contribution < 1.29 is 0 Å². The molecule has 15 heavy (non-hydrogen) atoms. The zero-order chi connectivity index (χ0) is 10.3. The lowest BCUT2D eigenvalue weighted by Gasteiger charge is -1.99. The van der Waals surface area contributed by atoms with Gasteiger partial charge in [0.1, 0.15) is 0 Å². The van der Waals surface area contributed by atoms with E-state index in [1.165, 1.54) is 0 Å². The Kier molecular flexibility index (Phi) is 1.81. The first kappa shape index (κ1) is 8.60. The van der Waals surface area contributed by atoms with Crippen LogP contribution in [0.2, 0.25) is 0 Å². The van der Waals surface area contributed by atoms with Crippen LogP contribution in [0.15, 0.2) is 41.4 Å². The van der Waals surface area contributed by atoms with Gasteiger partial charge in [0.05, 0.1) is 16.9 Å². The summed E-state index contributed by atoms with van der Waals surface area (Å²) in [4.78, 5) is 4.40. The van der Waals surface area contributed by atoms with E-state index in [-0.39, 0.29) is 0 Å². The first-order chi connectivity index (χ1) is 7.33. The minimum atomic E-state index is 0.772. The van der Waals surface area contributed by atoms with E-state index in [0.717, 1.165) is 15.9 Å². The third-order valence-corrected chi connectivity index (χ3v) is 2.44. The Morgan fingerprint density at radius 2 is 2.13 bits per heavy atom. The summed E-state index contributed by atoms with van der Waals surface area (Å²) in [5.41, 5.74) is 0.805. The van der Waals surface area contributed by atoms with E-state index in [1.807, 2.05) is 24.5 Å². The molecule has 74 valence electrons. The predicted molar refractivity (Wildman–Crippen MR) is 57.8 cm³/mol. The van der Waals surface area contributed by atoms with Crippen LogP contribution >= 0.6 is 15.9 Å². The van der Waals surface area contributed by atoms with Gasteiger partial charge in [0, 0.05) is 24.5 Å². The molecular formula is C9H6BrN5. The van der Waals surface area contributed by atoms with Crippen molar-refractivity contribution in [1.82, 2.24) is 24.4 Å². The third-order valence-electron chi connectivity index (χ3n) is 2.03. The van der Waals surface area contributed by atoms with Crippen molar-refractivity contribution in [2.45, 2.75) is 0 Å². The first-order valence-electron chi connectivity index (χ1n) is 4.34. The van der Waals surface area contributed by atoms with Gasteiger partial charge < -0.3 is 0 Å². The normalized spacial score (nSPS) is 11.0. The van der Waals surface area contributed by atoms with Crippen LogP contribution in [-0.2, 0) is 0 Å². The largest absolute Gasteiger partial charge is 0.222 e. The molecule has 0 saturated carbocycles. The lowest BCUT2D eigenvalue weighted by atomic mass is 10.5. The van der Waals surface area contributed by atoms with Crippen molar-refractivity contribution in [3.8, 4) is 5.82 Å². The second kappa shape index (κ2) is 3.16. The van der Waals surface area contributed by atoms with Gasteiger partial charge in [-0.05, 0) is 15.9 Å². The number of nitrogens with zero attached hydrogens (tertiary/aromatic N) is 5. The van der Waals surface area contributed by atoms with Crippen molar-refractivity contribution in [1.29, 1.82) is 0 Å². The highest BCUT2D eigenvalue weighted by molar-refractivity contribution is 9.10. The molecule has 3 aromatic rings. The summed E-state index contributed by atoms with van der Waals surface area (Å²) in [6.45, 7) is 0. The molecule has 0 fully saturated rings. The van der Waals surface area contributed by atoms with E-state index < -0.39 is 0 Å². The number of rotatable bonds is 1. The zero-order valence-corrected chi connectivity index (χ0v) is 9.16. The van der Waals surface area contributed by atoms with E-state index in [2.05, 4.69) is 31.1 Å². The topological polar surface area (TPSA) is 48.0 Å². The maximum absolute atomic E-state index is 4.40. The molecule has 3 heterocycles. The van der Waals surface area contributed by atoms with E-state index in [4.69, 9.17) is 0 Å². The third kappa shape index (κ3) is 1.42. The summed E-state index contributed by atoms with van der Waals surface area (Å²) < 4.78 is 4.34. The molecule has 0 spiro atoms. The molecule has 0 saturated heterocycles. The monoisotopic (exact) mass is 263 g/mol. The molecule has 0 aliphatic carbocycles. The SMILES string of the molecule is Brc1cnn(-c2ccn3nccc3n2)c1. The lowest BCUT2D eigenvalue weighted by molar-refractivity contribution is 0.832. The minimum Gasteiger partial charge on any atom is -0.222 e. The quantitative estimate of drug-likeness (QED) is 0.671. The Labute approximate surface area is 93.5 Å². The van der Waals surface area contributed by atoms with Crippen LogP contribution in [0.25, 0.3) is 11.5 Å². The molecule has 3 rings (SSSR count). The highest BCUT2D eigenvalue weighted by Gasteiger charge is 2.02. The number of halogens is 1. The summed E-state index contributed by atoms with van der Waals surface area (Å²) in [6.07, 6.45) is 7.15. The smallest absolute Gasteiger partial charge is 0.157 e. The average molecular weight is 264 g/mol. The average Bonchev–Trinajstić information content (AvgIpc) is 2.84. The van der Waals surface area contributed by atoms with Gasteiger partial charge in [-0.2, -0.15) is 10.2 Å². The van der Waals surface area contributed by atoms with Crippen LogP contribution in [0.5, 0.6) is 0 Å². The molecule has 0 bridgehead atoms. The summed E-state index contributed by atoms with van der Waals surface area (Å²) in [7, 11) is 0. The molecule has 0 atom stereocenters. The Morgan fingerprint density at radius 1 is 1.20 bits per heavy atom. The number of fused-ring (bicyclic) bond motifs is 1. The summed E-state index contributed by atoms with van der Waals surface area (Å²) in [5, 5.41) is 8.23. The van der Waals surface area contributed by atoms with Gasteiger partial charge >= 0.3 is 0 Å². The first-order valence-corrected chi connectivity index (χ1v) is 5.13. The predicted octanol–water partition coefficient (Wildman–Crippen LogP) is 1.68. The molecule has 0 N–H and O–H groups in total. The van der Waals surface area contributed by atoms with Gasteiger partial charge in [0.15, 0.2) is 11.5 Å². The maximum atomic E-state index is 4.40. The fourth-order valence-corrected chi connectivity index (χ4v) is 1.64. The van der Waals surface area contributed by atoms with Crippen LogP contribution in [0.1, 0.15) is 0 Å². The molecule has 5 nitrogen and oxygen atoms in total. The number of hydrogen-bond acceptors (Lipinski definition) is 3. The van der Waals surface area contributed by atoms with Crippen LogP contribution in [0, 0.1) is 0 Å². The van der Waals surface area contributed by atoms with Crippen molar-refractivity contribution in [2.24, 2.45) is 0 Å². The molecule has 0 aromatic carbocycles. The molecule has 3 aromatic heterocycles. The standard InChI is InChI=1S/C9H6BrN5/c10-7-5-12-15(6-7)9-2-4-14-8(13-9)1-3-11-14/h1-6H. The highest BCUT2D eigenvalue weighted by atomic mass is 79.9. The minimum absolute atomic E-state index is 0.772. The van der Waals surface area contributed by atoms with Gasteiger partial charge in [0.2, 0.25) is 0 Å². The van der Waals surface area contributed by atoms with Crippen LogP contribution in [0.4, 0.5) is 0 Å². The Morgan fingerprint density at radius 3 is 2.93 bits per heavy atom. The van der Waals surface area contributed by atoms with Gasteiger partial charge in [0.25, 0.3) is 0 Å². The molecule has 0 radical (unpaired) electrons. The Bertz CT molecular complexity index is 612. The summed E-state index contributed by atoms with van der Waals surface area (Å²) in [6, 6.07) is 3.71. The van der Waals surface area contributed by atoms with E-state index in [9.17, 15) is 0 Å². The van der Waals surface area contributed by atoms with Gasteiger partial charge in [-0.25, -0.2) is 14.2 Å².